The normalized spacial score (nSPS) is 15.7. The maximum Gasteiger partial charge on any atom is 0.185 e. The van der Waals surface area contributed by atoms with E-state index >= 15 is 0 Å². The molecule has 1 aromatic heterocycles. The Morgan fingerprint density at radius 2 is 1.95 bits per heavy atom. The first kappa shape index (κ1) is 13.9. The minimum absolute atomic E-state index is 0.913. The van der Waals surface area contributed by atoms with Gasteiger partial charge >= 0.3 is 0 Å². The van der Waals surface area contributed by atoms with Crippen LogP contribution in [0, 0.1) is 6.92 Å². The maximum absolute atomic E-state index is 4.40. The summed E-state index contributed by atoms with van der Waals surface area (Å²) in [5, 5.41) is 4.11. The van der Waals surface area contributed by atoms with Crippen LogP contribution in [0.2, 0.25) is 0 Å². The van der Waals surface area contributed by atoms with Gasteiger partial charge in [-0.1, -0.05) is 33.6 Å². The van der Waals surface area contributed by atoms with Gasteiger partial charge in [0.1, 0.15) is 0 Å². The van der Waals surface area contributed by atoms with Crippen LogP contribution in [0.25, 0.3) is 0 Å². The highest BCUT2D eigenvalue weighted by molar-refractivity contribution is 9.08. The molecule has 0 saturated carbocycles. The third kappa shape index (κ3) is 2.83. The lowest BCUT2D eigenvalue weighted by atomic mass is 10.1. The van der Waals surface area contributed by atoms with E-state index in [2.05, 4.69) is 55.8 Å². The molecule has 1 fully saturated rings. The number of thiazole rings is 1. The molecule has 1 saturated heterocycles. The second-order valence-corrected chi connectivity index (χ2v) is 6.49. The lowest BCUT2D eigenvalue weighted by Crippen LogP contribution is -2.46. The smallest absolute Gasteiger partial charge is 0.185 e. The predicted octanol–water partition coefficient (Wildman–Crippen LogP) is 3.67. The van der Waals surface area contributed by atoms with Crippen molar-refractivity contribution < 1.29 is 0 Å². The van der Waals surface area contributed by atoms with Crippen LogP contribution in [0.1, 0.15) is 11.1 Å². The lowest BCUT2D eigenvalue weighted by Gasteiger charge is -2.36. The number of hydrogen-bond acceptors (Lipinski definition) is 4. The number of anilines is 2. The van der Waals surface area contributed by atoms with Crippen LogP contribution in [0.3, 0.4) is 0 Å². The second-order valence-electron chi connectivity index (χ2n) is 5.05. The number of piperazine rings is 1. The number of hydrogen-bond donors (Lipinski definition) is 0. The van der Waals surface area contributed by atoms with E-state index in [9.17, 15) is 0 Å². The minimum atomic E-state index is 0.913. The Morgan fingerprint density at radius 1 is 1.20 bits per heavy atom. The van der Waals surface area contributed by atoms with E-state index in [0.29, 0.717) is 0 Å². The number of alkyl halides is 1. The highest BCUT2D eigenvalue weighted by atomic mass is 79.9. The predicted molar refractivity (Wildman–Crippen MR) is 90.4 cm³/mol. The molecular formula is C15H18BrN3S. The summed E-state index contributed by atoms with van der Waals surface area (Å²) < 4.78 is 0. The first-order valence-electron chi connectivity index (χ1n) is 6.83. The summed E-state index contributed by atoms with van der Waals surface area (Å²) in [4.78, 5) is 9.27. The summed E-state index contributed by atoms with van der Waals surface area (Å²) in [6, 6.07) is 6.73. The van der Waals surface area contributed by atoms with Crippen molar-refractivity contribution in [3.63, 3.8) is 0 Å². The molecule has 3 rings (SSSR count). The second kappa shape index (κ2) is 6.14. The van der Waals surface area contributed by atoms with Gasteiger partial charge in [-0.2, -0.15) is 0 Å². The number of rotatable bonds is 3. The largest absolute Gasteiger partial charge is 0.368 e. The van der Waals surface area contributed by atoms with E-state index in [4.69, 9.17) is 0 Å². The van der Waals surface area contributed by atoms with Gasteiger partial charge in [-0.3, -0.25) is 0 Å². The molecule has 2 aromatic rings. The van der Waals surface area contributed by atoms with Gasteiger partial charge in [0.25, 0.3) is 0 Å². The van der Waals surface area contributed by atoms with Crippen molar-refractivity contribution in [2.24, 2.45) is 0 Å². The van der Waals surface area contributed by atoms with Crippen LogP contribution in [0.5, 0.6) is 0 Å². The topological polar surface area (TPSA) is 19.4 Å². The molecule has 0 unspecified atom stereocenters. The Bertz CT molecular complexity index is 563. The summed E-state index contributed by atoms with van der Waals surface area (Å²) in [5.41, 5.74) is 4.07. The molecule has 0 radical (unpaired) electrons. The number of nitrogens with zero attached hydrogens (tertiary/aromatic N) is 3. The maximum atomic E-state index is 4.40. The van der Waals surface area contributed by atoms with E-state index in [-0.39, 0.29) is 0 Å². The molecule has 20 heavy (non-hydrogen) atoms. The van der Waals surface area contributed by atoms with Gasteiger partial charge in [0.2, 0.25) is 0 Å². The van der Waals surface area contributed by atoms with Crippen molar-refractivity contribution in [2.45, 2.75) is 12.3 Å². The van der Waals surface area contributed by atoms with Gasteiger partial charge in [0, 0.05) is 48.8 Å². The molecule has 1 aliphatic rings. The van der Waals surface area contributed by atoms with Crippen molar-refractivity contribution in [2.75, 3.05) is 36.0 Å². The lowest BCUT2D eigenvalue weighted by molar-refractivity contribution is 0.651. The Morgan fingerprint density at radius 3 is 2.60 bits per heavy atom. The standard InChI is InChI=1S/C15H18BrN3S/c1-12-2-3-14(13(10-12)11-16)18-5-7-19(8-6-18)15-17-4-9-20-15/h2-4,9-10H,5-8,11H2,1H3. The molecule has 0 N–H and O–H groups in total. The highest BCUT2D eigenvalue weighted by Gasteiger charge is 2.20. The fraction of sp³-hybridized carbons (Fsp3) is 0.400. The molecule has 5 heteroatoms. The Labute approximate surface area is 132 Å². The molecule has 3 nitrogen and oxygen atoms in total. The Kier molecular flexibility index (Phi) is 4.27. The number of halogens is 1. The Hall–Kier alpha value is -1.07. The average Bonchev–Trinajstić information content (AvgIpc) is 3.01. The summed E-state index contributed by atoms with van der Waals surface area (Å²) in [5.74, 6) is 0. The van der Waals surface area contributed by atoms with Crippen molar-refractivity contribution in [3.8, 4) is 0 Å². The molecule has 2 heterocycles. The van der Waals surface area contributed by atoms with Gasteiger partial charge < -0.3 is 9.80 Å². The number of aromatic nitrogens is 1. The van der Waals surface area contributed by atoms with Gasteiger partial charge in [-0.15, -0.1) is 11.3 Å². The van der Waals surface area contributed by atoms with Crippen molar-refractivity contribution >= 4 is 38.1 Å². The van der Waals surface area contributed by atoms with Crippen LogP contribution in [0.4, 0.5) is 10.8 Å². The summed E-state index contributed by atoms with van der Waals surface area (Å²) >= 11 is 5.33. The van der Waals surface area contributed by atoms with Gasteiger partial charge in [-0.05, 0) is 18.6 Å². The molecule has 1 aromatic carbocycles. The third-order valence-corrected chi connectivity index (χ3v) is 5.13. The van der Waals surface area contributed by atoms with Crippen LogP contribution in [-0.2, 0) is 5.33 Å². The molecule has 106 valence electrons. The van der Waals surface area contributed by atoms with E-state index in [0.717, 1.165) is 36.6 Å². The zero-order chi connectivity index (χ0) is 13.9. The summed E-state index contributed by atoms with van der Waals surface area (Å²) in [7, 11) is 0. The van der Waals surface area contributed by atoms with Crippen molar-refractivity contribution in [1.29, 1.82) is 0 Å². The van der Waals surface area contributed by atoms with Crippen LogP contribution < -0.4 is 9.80 Å². The Balaban J connectivity index is 1.72. The van der Waals surface area contributed by atoms with E-state index in [1.54, 1.807) is 11.3 Å². The average molecular weight is 352 g/mol. The van der Waals surface area contributed by atoms with Gasteiger partial charge in [0.15, 0.2) is 5.13 Å². The fourth-order valence-electron chi connectivity index (χ4n) is 2.64. The van der Waals surface area contributed by atoms with Gasteiger partial charge in [-0.25, -0.2) is 4.98 Å². The summed E-state index contributed by atoms with van der Waals surface area (Å²) in [6.07, 6.45) is 1.88. The quantitative estimate of drug-likeness (QED) is 0.786. The van der Waals surface area contributed by atoms with Crippen LogP contribution >= 0.6 is 27.3 Å². The molecule has 0 aliphatic carbocycles. The van der Waals surface area contributed by atoms with Crippen LogP contribution in [-0.4, -0.2) is 31.2 Å². The first-order chi connectivity index (χ1) is 9.78. The zero-order valence-corrected chi connectivity index (χ0v) is 14.0. The molecule has 0 atom stereocenters. The molecule has 0 amide bonds. The van der Waals surface area contributed by atoms with E-state index in [1.807, 2.05) is 11.6 Å². The van der Waals surface area contributed by atoms with E-state index in [1.165, 1.54) is 16.8 Å². The van der Waals surface area contributed by atoms with Crippen molar-refractivity contribution in [3.05, 3.63) is 40.9 Å². The number of benzene rings is 1. The highest BCUT2D eigenvalue weighted by Crippen LogP contribution is 2.27. The third-order valence-electron chi connectivity index (χ3n) is 3.69. The SMILES string of the molecule is Cc1ccc(N2CCN(c3nccs3)CC2)c(CBr)c1. The summed E-state index contributed by atoms with van der Waals surface area (Å²) in [6.45, 7) is 6.36. The van der Waals surface area contributed by atoms with Crippen LogP contribution in [0.15, 0.2) is 29.8 Å². The monoisotopic (exact) mass is 351 g/mol. The molecule has 0 bridgehead atoms. The number of aryl methyl sites for hydroxylation is 1. The minimum Gasteiger partial charge on any atom is -0.368 e. The molecule has 0 spiro atoms. The van der Waals surface area contributed by atoms with Crippen molar-refractivity contribution in [1.82, 2.24) is 4.98 Å². The molecule has 1 aliphatic heterocycles. The first-order valence-corrected chi connectivity index (χ1v) is 8.83. The van der Waals surface area contributed by atoms with E-state index < -0.39 is 0 Å². The van der Waals surface area contributed by atoms with Gasteiger partial charge in [0.05, 0.1) is 0 Å². The molecular weight excluding hydrogens is 334 g/mol. The fourth-order valence-corrected chi connectivity index (χ4v) is 3.79. The zero-order valence-electron chi connectivity index (χ0n) is 11.6.